The number of nitrogens with zero attached hydrogens (tertiary/aromatic N) is 1. The van der Waals surface area contributed by atoms with E-state index in [0.717, 1.165) is 36.1 Å². The summed E-state index contributed by atoms with van der Waals surface area (Å²) in [7, 11) is 0. The molecule has 1 aromatic heterocycles. The van der Waals surface area contributed by atoms with E-state index in [4.69, 9.17) is 0 Å². The van der Waals surface area contributed by atoms with Crippen molar-refractivity contribution in [1.82, 2.24) is 10.3 Å². The molecule has 1 fully saturated rings. The number of thiazole rings is 1. The monoisotopic (exact) mass is 297 g/mol. The fourth-order valence-corrected chi connectivity index (χ4v) is 3.08. The molecule has 0 saturated carbocycles. The zero-order valence-electron chi connectivity index (χ0n) is 10.4. The van der Waals surface area contributed by atoms with Crippen LogP contribution in [0.25, 0.3) is 10.2 Å². The number of para-hydroxylation sites is 1. The van der Waals surface area contributed by atoms with Crippen LogP contribution in [0.5, 0.6) is 0 Å². The van der Waals surface area contributed by atoms with Crippen LogP contribution in [0, 0.1) is 5.92 Å². The van der Waals surface area contributed by atoms with Crippen LogP contribution in [0.3, 0.4) is 0 Å². The van der Waals surface area contributed by atoms with E-state index in [2.05, 4.69) is 15.6 Å². The van der Waals surface area contributed by atoms with E-state index >= 15 is 0 Å². The Morgan fingerprint density at radius 3 is 3.00 bits per heavy atom. The second-order valence-corrected chi connectivity index (χ2v) is 5.55. The molecule has 102 valence electrons. The van der Waals surface area contributed by atoms with Gasteiger partial charge in [0.1, 0.15) is 0 Å². The molecule has 1 unspecified atom stereocenters. The molecule has 4 nitrogen and oxygen atoms in total. The van der Waals surface area contributed by atoms with Gasteiger partial charge in [-0.15, -0.1) is 12.4 Å². The maximum atomic E-state index is 12.1. The van der Waals surface area contributed by atoms with Crippen molar-refractivity contribution in [1.29, 1.82) is 0 Å². The molecule has 2 heterocycles. The first-order chi connectivity index (χ1) is 8.83. The van der Waals surface area contributed by atoms with E-state index in [-0.39, 0.29) is 24.2 Å². The number of piperidine rings is 1. The smallest absolute Gasteiger partial charge is 0.230 e. The summed E-state index contributed by atoms with van der Waals surface area (Å²) in [5, 5.41) is 6.88. The molecule has 2 N–H and O–H groups in total. The van der Waals surface area contributed by atoms with Crippen LogP contribution in [-0.4, -0.2) is 24.0 Å². The molecule has 3 rings (SSSR count). The van der Waals surface area contributed by atoms with Gasteiger partial charge >= 0.3 is 0 Å². The van der Waals surface area contributed by atoms with Crippen molar-refractivity contribution in [2.75, 3.05) is 18.4 Å². The summed E-state index contributed by atoms with van der Waals surface area (Å²) in [6.45, 7) is 1.79. The van der Waals surface area contributed by atoms with E-state index in [1.54, 1.807) is 0 Å². The quantitative estimate of drug-likeness (QED) is 0.896. The number of amides is 1. The van der Waals surface area contributed by atoms with Crippen LogP contribution < -0.4 is 10.6 Å². The third-order valence-electron chi connectivity index (χ3n) is 3.19. The highest BCUT2D eigenvalue weighted by Gasteiger charge is 2.21. The Hall–Kier alpha value is -1.17. The minimum absolute atomic E-state index is 0. The van der Waals surface area contributed by atoms with Crippen molar-refractivity contribution >= 4 is 45.0 Å². The number of carbonyl (C=O) groups is 1. The fourth-order valence-electron chi connectivity index (χ4n) is 2.21. The minimum Gasteiger partial charge on any atom is -0.316 e. The lowest BCUT2D eigenvalue weighted by molar-refractivity contribution is -0.120. The first kappa shape index (κ1) is 14.2. The maximum Gasteiger partial charge on any atom is 0.230 e. The van der Waals surface area contributed by atoms with Crippen molar-refractivity contribution in [3.8, 4) is 0 Å². The minimum atomic E-state index is 0. The second kappa shape index (κ2) is 6.32. The van der Waals surface area contributed by atoms with Gasteiger partial charge in [0, 0.05) is 6.54 Å². The summed E-state index contributed by atoms with van der Waals surface area (Å²) in [6.07, 6.45) is 2.03. The third-order valence-corrected chi connectivity index (χ3v) is 4.14. The van der Waals surface area contributed by atoms with E-state index in [1.165, 1.54) is 11.3 Å². The standard InChI is InChI=1S/C13H15N3OS.ClH/c17-12(9-4-3-7-14-8-9)16-13-15-10-5-1-2-6-11(10)18-13;/h1-2,5-6,9,14H,3-4,7-8H2,(H,15,16,17);1H. The van der Waals surface area contributed by atoms with Crippen LogP contribution in [0.15, 0.2) is 24.3 Å². The summed E-state index contributed by atoms with van der Waals surface area (Å²) >= 11 is 1.53. The Balaban J connectivity index is 0.00000133. The van der Waals surface area contributed by atoms with Crippen molar-refractivity contribution in [3.05, 3.63) is 24.3 Å². The first-order valence-electron chi connectivity index (χ1n) is 6.20. The summed E-state index contributed by atoms with van der Waals surface area (Å²) in [5.74, 6) is 0.159. The Bertz CT molecular complexity index is 533. The molecule has 1 aliphatic heterocycles. The van der Waals surface area contributed by atoms with E-state index < -0.39 is 0 Å². The molecule has 1 amide bonds. The van der Waals surface area contributed by atoms with Gasteiger partial charge < -0.3 is 10.6 Å². The lowest BCUT2D eigenvalue weighted by Gasteiger charge is -2.21. The number of rotatable bonds is 2. The van der Waals surface area contributed by atoms with E-state index in [9.17, 15) is 4.79 Å². The van der Waals surface area contributed by atoms with Crippen LogP contribution in [0.2, 0.25) is 0 Å². The Morgan fingerprint density at radius 1 is 1.42 bits per heavy atom. The topological polar surface area (TPSA) is 54.0 Å². The van der Waals surface area contributed by atoms with Crippen LogP contribution in [-0.2, 0) is 4.79 Å². The third kappa shape index (κ3) is 3.23. The summed E-state index contributed by atoms with van der Waals surface area (Å²) in [6, 6.07) is 7.92. The number of carbonyl (C=O) groups excluding carboxylic acids is 1. The molecule has 1 aromatic carbocycles. The molecule has 6 heteroatoms. The SMILES string of the molecule is Cl.O=C(Nc1nc2ccccc2s1)C1CCCNC1. The number of anilines is 1. The normalized spacial score (nSPS) is 18.8. The zero-order valence-corrected chi connectivity index (χ0v) is 12.0. The molecule has 1 aliphatic rings. The highest BCUT2D eigenvalue weighted by Crippen LogP contribution is 2.26. The van der Waals surface area contributed by atoms with Gasteiger partial charge in [-0.1, -0.05) is 23.5 Å². The van der Waals surface area contributed by atoms with E-state index in [1.807, 2.05) is 24.3 Å². The first-order valence-corrected chi connectivity index (χ1v) is 7.02. The van der Waals surface area contributed by atoms with Gasteiger partial charge in [-0.05, 0) is 31.5 Å². The molecule has 0 spiro atoms. The highest BCUT2D eigenvalue weighted by atomic mass is 35.5. The number of nitrogens with one attached hydrogen (secondary N) is 2. The van der Waals surface area contributed by atoms with Crippen molar-refractivity contribution in [2.45, 2.75) is 12.8 Å². The summed E-state index contributed by atoms with van der Waals surface area (Å²) in [4.78, 5) is 16.5. The Morgan fingerprint density at radius 2 is 2.26 bits per heavy atom. The predicted molar refractivity (Wildman–Crippen MR) is 81.1 cm³/mol. The molecule has 1 atom stereocenters. The van der Waals surface area contributed by atoms with Gasteiger partial charge in [0.05, 0.1) is 16.1 Å². The van der Waals surface area contributed by atoms with Gasteiger partial charge in [-0.25, -0.2) is 4.98 Å². The number of aromatic nitrogens is 1. The number of hydrogen-bond acceptors (Lipinski definition) is 4. The average Bonchev–Trinajstić information content (AvgIpc) is 2.82. The second-order valence-electron chi connectivity index (χ2n) is 4.52. The molecular weight excluding hydrogens is 282 g/mol. The average molecular weight is 298 g/mol. The fraction of sp³-hybridized carbons (Fsp3) is 0.385. The Kier molecular flexibility index (Phi) is 4.74. The van der Waals surface area contributed by atoms with Crippen LogP contribution in [0.1, 0.15) is 12.8 Å². The van der Waals surface area contributed by atoms with Crippen molar-refractivity contribution in [3.63, 3.8) is 0 Å². The largest absolute Gasteiger partial charge is 0.316 e. The van der Waals surface area contributed by atoms with Crippen molar-refractivity contribution in [2.24, 2.45) is 5.92 Å². The van der Waals surface area contributed by atoms with Gasteiger partial charge in [0.15, 0.2) is 5.13 Å². The van der Waals surface area contributed by atoms with Crippen LogP contribution >= 0.6 is 23.7 Å². The highest BCUT2D eigenvalue weighted by molar-refractivity contribution is 7.22. The molecule has 0 radical (unpaired) electrons. The number of hydrogen-bond donors (Lipinski definition) is 2. The summed E-state index contributed by atoms with van der Waals surface area (Å²) < 4.78 is 1.11. The van der Waals surface area contributed by atoms with E-state index in [0.29, 0.717) is 5.13 Å². The molecule has 19 heavy (non-hydrogen) atoms. The lowest BCUT2D eigenvalue weighted by atomic mass is 9.99. The van der Waals surface area contributed by atoms with Crippen molar-refractivity contribution < 1.29 is 4.79 Å². The number of fused-ring (bicyclic) bond motifs is 1. The molecule has 1 saturated heterocycles. The van der Waals surface area contributed by atoms with Gasteiger partial charge in [-0.2, -0.15) is 0 Å². The molecule has 0 bridgehead atoms. The van der Waals surface area contributed by atoms with Gasteiger partial charge in [0.25, 0.3) is 0 Å². The number of benzene rings is 1. The zero-order chi connectivity index (χ0) is 12.4. The summed E-state index contributed by atoms with van der Waals surface area (Å²) in [5.41, 5.74) is 0.944. The molecule has 2 aromatic rings. The predicted octanol–water partition coefficient (Wildman–Crippen LogP) is 2.66. The van der Waals surface area contributed by atoms with Gasteiger partial charge in [0.2, 0.25) is 5.91 Å². The lowest BCUT2D eigenvalue weighted by Crippen LogP contribution is -2.37. The Labute approximate surface area is 122 Å². The number of halogens is 1. The molecular formula is C13H16ClN3OS. The van der Waals surface area contributed by atoms with Gasteiger partial charge in [-0.3, -0.25) is 4.79 Å². The maximum absolute atomic E-state index is 12.1. The van der Waals surface area contributed by atoms with Crippen LogP contribution in [0.4, 0.5) is 5.13 Å². The molecule has 0 aliphatic carbocycles.